The molecule has 2 aromatic rings. The van der Waals surface area contributed by atoms with E-state index in [1.54, 1.807) is 42.4 Å². The van der Waals surface area contributed by atoms with Crippen LogP contribution in [-0.4, -0.2) is 51.7 Å². The summed E-state index contributed by atoms with van der Waals surface area (Å²) in [6.07, 6.45) is 3.39. The lowest BCUT2D eigenvalue weighted by molar-refractivity contribution is -0.384. The van der Waals surface area contributed by atoms with Gasteiger partial charge in [-0.05, 0) is 38.1 Å². The Bertz CT molecular complexity index is 758. The highest BCUT2D eigenvalue weighted by Crippen LogP contribution is 2.22. The lowest BCUT2D eigenvalue weighted by atomic mass is 10.1. The topological polar surface area (TPSA) is 93.3 Å². The van der Waals surface area contributed by atoms with E-state index in [1.807, 2.05) is 0 Å². The number of rotatable bonds is 4. The Morgan fingerprint density at radius 1 is 1.32 bits per heavy atom. The van der Waals surface area contributed by atoms with Crippen molar-refractivity contribution in [1.29, 1.82) is 0 Å². The van der Waals surface area contributed by atoms with Gasteiger partial charge in [-0.3, -0.25) is 14.9 Å². The maximum atomic E-state index is 12.6. The number of carbonyl (C=O) groups excluding carboxylic acids is 1. The number of halogens is 1. The Kier molecular flexibility index (Phi) is 6.11. The van der Waals surface area contributed by atoms with Crippen molar-refractivity contribution in [1.82, 2.24) is 20.0 Å². The Labute approximate surface area is 151 Å². The lowest BCUT2D eigenvalue weighted by Gasteiger charge is -2.31. The van der Waals surface area contributed by atoms with Crippen molar-refractivity contribution in [3.8, 4) is 5.69 Å². The number of nitrogens with zero attached hydrogens (tertiary/aromatic N) is 4. The van der Waals surface area contributed by atoms with E-state index in [0.29, 0.717) is 5.69 Å². The number of nitro groups is 1. The molecule has 9 heteroatoms. The fraction of sp³-hybridized carbons (Fsp3) is 0.375. The molecule has 1 aromatic carbocycles. The molecule has 0 radical (unpaired) electrons. The number of nitrogens with one attached hydrogen (secondary N) is 1. The van der Waals surface area contributed by atoms with Crippen LogP contribution in [0.5, 0.6) is 0 Å². The zero-order chi connectivity index (χ0) is 17.1. The molecular weight excluding hydrogens is 346 g/mol. The molecule has 0 bridgehead atoms. The molecule has 0 spiro atoms. The van der Waals surface area contributed by atoms with Crippen molar-refractivity contribution < 1.29 is 9.72 Å². The molecule has 1 fully saturated rings. The Morgan fingerprint density at radius 3 is 2.68 bits per heavy atom. The van der Waals surface area contributed by atoms with Crippen LogP contribution in [0.25, 0.3) is 5.69 Å². The fourth-order valence-electron chi connectivity index (χ4n) is 2.92. The highest BCUT2D eigenvalue weighted by atomic mass is 35.5. The summed E-state index contributed by atoms with van der Waals surface area (Å²) in [4.78, 5) is 25.0. The second-order valence-corrected chi connectivity index (χ2v) is 5.79. The van der Waals surface area contributed by atoms with Gasteiger partial charge in [-0.15, -0.1) is 12.4 Å². The molecule has 1 aliphatic rings. The third kappa shape index (κ3) is 3.97. The summed E-state index contributed by atoms with van der Waals surface area (Å²) in [6.45, 7) is 1.79. The van der Waals surface area contributed by atoms with E-state index >= 15 is 0 Å². The van der Waals surface area contributed by atoms with Crippen LogP contribution in [0.1, 0.15) is 23.3 Å². The van der Waals surface area contributed by atoms with Gasteiger partial charge in [-0.2, -0.15) is 5.10 Å². The molecule has 0 saturated carbocycles. The molecule has 0 atom stereocenters. The van der Waals surface area contributed by atoms with Gasteiger partial charge in [0.1, 0.15) is 5.69 Å². The standard InChI is InChI=1S/C16H19N5O3.ClH/c1-19(12-6-9-17-10-7-12)16(22)13-8-11-20(18-13)14-4-2-3-5-15(14)21(23)24;/h2-5,8,11-12,17H,6-7,9-10H2,1H3;1H. The minimum absolute atomic E-state index is 0. The minimum atomic E-state index is -0.459. The monoisotopic (exact) mass is 365 g/mol. The second kappa shape index (κ2) is 8.09. The highest BCUT2D eigenvalue weighted by Gasteiger charge is 2.25. The van der Waals surface area contributed by atoms with E-state index in [1.165, 1.54) is 10.7 Å². The van der Waals surface area contributed by atoms with Crippen LogP contribution in [-0.2, 0) is 0 Å². The van der Waals surface area contributed by atoms with Gasteiger partial charge in [-0.1, -0.05) is 12.1 Å². The minimum Gasteiger partial charge on any atom is -0.337 e. The van der Waals surface area contributed by atoms with Crippen molar-refractivity contribution in [2.45, 2.75) is 18.9 Å². The summed E-state index contributed by atoms with van der Waals surface area (Å²) in [5.41, 5.74) is 0.576. The van der Waals surface area contributed by atoms with Crippen LogP contribution in [0.3, 0.4) is 0 Å². The first-order valence-corrected chi connectivity index (χ1v) is 7.85. The molecule has 1 N–H and O–H groups in total. The van der Waals surface area contributed by atoms with E-state index in [9.17, 15) is 14.9 Å². The number of amides is 1. The van der Waals surface area contributed by atoms with Gasteiger partial charge < -0.3 is 10.2 Å². The summed E-state index contributed by atoms with van der Waals surface area (Å²) in [5.74, 6) is -0.167. The normalized spacial score (nSPS) is 14.6. The van der Waals surface area contributed by atoms with Crippen LogP contribution < -0.4 is 5.32 Å². The molecule has 1 aromatic heterocycles. The molecule has 134 valence electrons. The Morgan fingerprint density at radius 2 is 2.00 bits per heavy atom. The first-order valence-electron chi connectivity index (χ1n) is 7.85. The number of carbonyl (C=O) groups is 1. The number of hydrogen-bond acceptors (Lipinski definition) is 5. The van der Waals surface area contributed by atoms with Crippen LogP contribution in [0.4, 0.5) is 5.69 Å². The maximum Gasteiger partial charge on any atom is 0.294 e. The highest BCUT2D eigenvalue weighted by molar-refractivity contribution is 5.92. The number of para-hydroxylation sites is 2. The zero-order valence-electron chi connectivity index (χ0n) is 13.8. The Balaban J connectivity index is 0.00000225. The number of nitro benzene ring substituents is 1. The smallest absolute Gasteiger partial charge is 0.294 e. The molecular formula is C16H20ClN5O3. The van der Waals surface area contributed by atoms with Crippen molar-refractivity contribution >= 4 is 24.0 Å². The number of aromatic nitrogens is 2. The molecule has 1 saturated heterocycles. The van der Waals surface area contributed by atoms with Gasteiger partial charge in [0, 0.05) is 25.4 Å². The second-order valence-electron chi connectivity index (χ2n) is 5.79. The van der Waals surface area contributed by atoms with Crippen LogP contribution in [0, 0.1) is 10.1 Å². The summed E-state index contributed by atoms with van der Waals surface area (Å²) in [7, 11) is 1.78. The van der Waals surface area contributed by atoms with Crippen molar-refractivity contribution in [2.75, 3.05) is 20.1 Å². The average Bonchev–Trinajstić information content (AvgIpc) is 3.11. The maximum absolute atomic E-state index is 12.6. The van der Waals surface area contributed by atoms with Gasteiger partial charge in [0.05, 0.1) is 4.92 Å². The summed E-state index contributed by atoms with van der Waals surface area (Å²) >= 11 is 0. The van der Waals surface area contributed by atoms with Crippen molar-refractivity contribution in [3.63, 3.8) is 0 Å². The molecule has 3 rings (SSSR count). The van der Waals surface area contributed by atoms with E-state index in [0.717, 1.165) is 25.9 Å². The molecule has 2 heterocycles. The molecule has 0 aliphatic carbocycles. The Hall–Kier alpha value is -2.45. The molecule has 0 unspecified atom stereocenters. The number of benzene rings is 1. The molecule has 1 amide bonds. The van der Waals surface area contributed by atoms with E-state index in [2.05, 4.69) is 10.4 Å². The van der Waals surface area contributed by atoms with Crippen LogP contribution in [0.15, 0.2) is 36.5 Å². The lowest BCUT2D eigenvalue weighted by Crippen LogP contribution is -2.44. The van der Waals surface area contributed by atoms with Gasteiger partial charge >= 0.3 is 0 Å². The van der Waals surface area contributed by atoms with Gasteiger partial charge in [0.2, 0.25) is 0 Å². The van der Waals surface area contributed by atoms with Gasteiger partial charge in [-0.25, -0.2) is 4.68 Å². The van der Waals surface area contributed by atoms with E-state index in [4.69, 9.17) is 0 Å². The van der Waals surface area contributed by atoms with Crippen molar-refractivity contribution in [2.24, 2.45) is 0 Å². The predicted molar refractivity (Wildman–Crippen MR) is 95.5 cm³/mol. The predicted octanol–water partition coefficient (Wildman–Crippen LogP) is 2.03. The van der Waals surface area contributed by atoms with Crippen LogP contribution >= 0.6 is 12.4 Å². The first-order chi connectivity index (χ1) is 11.6. The van der Waals surface area contributed by atoms with Crippen LogP contribution in [0.2, 0.25) is 0 Å². The van der Waals surface area contributed by atoms with Gasteiger partial charge in [0.25, 0.3) is 11.6 Å². The van der Waals surface area contributed by atoms with Crippen molar-refractivity contribution in [3.05, 3.63) is 52.3 Å². The largest absolute Gasteiger partial charge is 0.337 e. The SMILES string of the molecule is CN(C(=O)c1ccn(-c2ccccc2[N+](=O)[O-])n1)C1CCNCC1.Cl. The molecule has 1 aliphatic heterocycles. The third-order valence-electron chi connectivity index (χ3n) is 4.31. The average molecular weight is 366 g/mol. The summed E-state index contributed by atoms with van der Waals surface area (Å²) < 4.78 is 1.38. The number of piperidine rings is 1. The summed E-state index contributed by atoms with van der Waals surface area (Å²) in [5, 5.41) is 18.6. The number of hydrogen-bond donors (Lipinski definition) is 1. The fourth-order valence-corrected chi connectivity index (χ4v) is 2.92. The quantitative estimate of drug-likeness (QED) is 0.661. The van der Waals surface area contributed by atoms with E-state index in [-0.39, 0.29) is 35.7 Å². The molecule has 25 heavy (non-hydrogen) atoms. The zero-order valence-corrected chi connectivity index (χ0v) is 14.6. The third-order valence-corrected chi connectivity index (χ3v) is 4.31. The molecule has 8 nitrogen and oxygen atoms in total. The van der Waals surface area contributed by atoms with E-state index < -0.39 is 4.92 Å². The summed E-state index contributed by atoms with van der Waals surface area (Å²) in [6, 6.07) is 8.11. The van der Waals surface area contributed by atoms with Gasteiger partial charge in [0.15, 0.2) is 5.69 Å². The first kappa shape index (κ1) is 18.9.